The van der Waals surface area contributed by atoms with E-state index in [4.69, 9.17) is 0 Å². The maximum atomic E-state index is 4.17. The number of aryl methyl sites for hydroxylation is 4. The Morgan fingerprint density at radius 2 is 1.28 bits per heavy atom. The van der Waals surface area contributed by atoms with E-state index in [1.165, 1.54) is 89.1 Å². The second kappa shape index (κ2) is 25.1. The molecule has 0 heterocycles. The monoisotopic (exact) mass is 809 g/mol. The molecule has 0 heteroatoms. The van der Waals surface area contributed by atoms with Crippen LogP contribution < -0.4 is 0 Å². The summed E-state index contributed by atoms with van der Waals surface area (Å²) >= 11 is 0. The smallest absolute Gasteiger partial charge is 0.0159 e. The Morgan fingerprint density at radius 1 is 0.705 bits per heavy atom. The summed E-state index contributed by atoms with van der Waals surface area (Å²) in [5.41, 5.74) is 22.5. The van der Waals surface area contributed by atoms with Crippen molar-refractivity contribution in [1.29, 1.82) is 0 Å². The van der Waals surface area contributed by atoms with Crippen molar-refractivity contribution in [2.24, 2.45) is 5.92 Å². The fourth-order valence-corrected chi connectivity index (χ4v) is 8.20. The lowest BCUT2D eigenvalue weighted by molar-refractivity contribution is 0.658. The lowest BCUT2D eigenvalue weighted by Crippen LogP contribution is -2.16. The third kappa shape index (κ3) is 12.9. The molecular formula is C61H76. The first kappa shape index (κ1) is 51.4. The van der Waals surface area contributed by atoms with Gasteiger partial charge in [-0.15, -0.1) is 0 Å². The molecule has 1 unspecified atom stereocenters. The number of hydrogen-bond acceptors (Lipinski definition) is 0. The Hall–Kier alpha value is -5.72. The van der Waals surface area contributed by atoms with E-state index in [2.05, 4.69) is 187 Å². The van der Waals surface area contributed by atoms with E-state index < -0.39 is 0 Å². The zero-order valence-electron chi connectivity index (χ0n) is 40.2. The molecule has 2 aliphatic carbocycles. The van der Waals surface area contributed by atoms with Gasteiger partial charge in [-0.2, -0.15) is 0 Å². The van der Waals surface area contributed by atoms with Crippen LogP contribution in [-0.4, -0.2) is 0 Å². The van der Waals surface area contributed by atoms with Gasteiger partial charge in [-0.3, -0.25) is 0 Å². The van der Waals surface area contributed by atoms with Crippen molar-refractivity contribution in [2.75, 3.05) is 0 Å². The summed E-state index contributed by atoms with van der Waals surface area (Å²) in [6.07, 6.45) is 20.2. The number of rotatable bonds is 10. The Balaban J connectivity index is 0.000000429. The van der Waals surface area contributed by atoms with Crippen molar-refractivity contribution in [3.63, 3.8) is 0 Å². The van der Waals surface area contributed by atoms with Crippen molar-refractivity contribution in [2.45, 2.75) is 108 Å². The van der Waals surface area contributed by atoms with Crippen molar-refractivity contribution in [3.05, 3.63) is 238 Å². The number of hydrogen-bond donors (Lipinski definition) is 0. The van der Waals surface area contributed by atoms with Gasteiger partial charge < -0.3 is 0 Å². The van der Waals surface area contributed by atoms with Crippen molar-refractivity contribution in [1.82, 2.24) is 0 Å². The lowest BCUT2D eigenvalue weighted by Gasteiger charge is -2.24. The van der Waals surface area contributed by atoms with Crippen molar-refractivity contribution < 1.29 is 0 Å². The average Bonchev–Trinajstić information content (AvgIpc) is 3.66. The van der Waals surface area contributed by atoms with Crippen LogP contribution in [0.3, 0.4) is 0 Å². The minimum atomic E-state index is -0.0653. The maximum Gasteiger partial charge on any atom is 0.0159 e. The summed E-state index contributed by atoms with van der Waals surface area (Å²) < 4.78 is 0. The molecule has 0 radical (unpaired) electrons. The summed E-state index contributed by atoms with van der Waals surface area (Å²) in [7, 11) is 0. The normalized spacial score (nSPS) is 14.7. The van der Waals surface area contributed by atoms with Gasteiger partial charge >= 0.3 is 0 Å². The molecule has 0 spiro atoms. The standard InChI is InChI=1S/C37H42.C8H10.C7H8.C7H10.C2H6/c1-11-17-31-24(8)35(30(16-6)28(31)14-4)26(12-2)21-25-18-19-32-33(22-25)37(9,10)34-20-23(7)27(13-3)29(15-5)36(32)34;1-7-3-5-8(2)6-4-7;1-7-5-3-2-4-6-7;1-4-6-7(3)5-2;1-2/h11-15,17-20,22,30H,3-5,16,21H2,1-2,6-10H3;3-6H,1-2H3;2-6H,1H3;4-6H,1-2H2,3H3;1-2H3/b17-11-,26-12-;;;7-6-;. The van der Waals surface area contributed by atoms with Crippen molar-refractivity contribution >= 4 is 12.2 Å². The zero-order chi connectivity index (χ0) is 45.9. The molecule has 1 atom stereocenters. The highest BCUT2D eigenvalue weighted by molar-refractivity contribution is 5.91. The van der Waals surface area contributed by atoms with Crippen LogP contribution in [0.2, 0.25) is 0 Å². The SMILES string of the molecule is C=C/C=C(/C)C=C.C=CC1=C(/C=C\C)C(C)=C(/C(=C\C)Cc2ccc3c(c2)C(C)(C)c2cc(C)c(C=C)c(C=C)c2-3)C1CC.CC.Cc1ccc(C)cc1.Cc1ccccc1. The van der Waals surface area contributed by atoms with Gasteiger partial charge in [0.2, 0.25) is 0 Å². The molecule has 0 amide bonds. The number of benzene rings is 4. The minimum absolute atomic E-state index is 0.0653. The average molecular weight is 809 g/mol. The molecule has 2 aliphatic rings. The first-order chi connectivity index (χ1) is 29.2. The molecule has 0 saturated heterocycles. The van der Waals surface area contributed by atoms with Crippen LogP contribution in [-0.2, 0) is 11.8 Å². The largest absolute Gasteiger partial charge is 0.0991 e. The van der Waals surface area contributed by atoms with Gasteiger partial charge in [-0.05, 0) is 141 Å². The van der Waals surface area contributed by atoms with E-state index in [9.17, 15) is 0 Å². The molecule has 4 aromatic carbocycles. The third-order valence-corrected chi connectivity index (χ3v) is 11.5. The number of allylic oxidation sites excluding steroid dienone is 13. The topological polar surface area (TPSA) is 0 Å². The van der Waals surface area contributed by atoms with Crippen LogP contribution in [0.1, 0.15) is 119 Å². The third-order valence-electron chi connectivity index (χ3n) is 11.5. The first-order valence-electron chi connectivity index (χ1n) is 22.1. The number of fused-ring (bicyclic) bond motifs is 3. The summed E-state index contributed by atoms with van der Waals surface area (Å²) in [6.45, 7) is 47.5. The summed E-state index contributed by atoms with van der Waals surface area (Å²) in [6, 6.07) is 28.2. The molecule has 4 aromatic rings. The molecule has 0 bridgehead atoms. The highest BCUT2D eigenvalue weighted by Gasteiger charge is 2.38. The van der Waals surface area contributed by atoms with Gasteiger partial charge in [-0.1, -0.05) is 223 Å². The predicted octanol–water partition coefficient (Wildman–Crippen LogP) is 18.1. The highest BCUT2D eigenvalue weighted by Crippen LogP contribution is 2.52. The molecule has 0 N–H and O–H groups in total. The Kier molecular flexibility index (Phi) is 21.2. The van der Waals surface area contributed by atoms with Crippen LogP contribution in [0.15, 0.2) is 188 Å². The molecule has 6 rings (SSSR count). The Morgan fingerprint density at radius 3 is 1.70 bits per heavy atom. The summed E-state index contributed by atoms with van der Waals surface area (Å²) in [4.78, 5) is 0. The van der Waals surface area contributed by atoms with Crippen LogP contribution in [0.25, 0.3) is 23.3 Å². The van der Waals surface area contributed by atoms with E-state index in [-0.39, 0.29) is 5.41 Å². The second-order valence-electron chi connectivity index (χ2n) is 16.1. The zero-order valence-corrected chi connectivity index (χ0v) is 40.2. The van der Waals surface area contributed by atoms with E-state index in [1.54, 1.807) is 12.2 Å². The van der Waals surface area contributed by atoms with Gasteiger partial charge in [0.05, 0.1) is 0 Å². The van der Waals surface area contributed by atoms with Crippen LogP contribution in [0.4, 0.5) is 0 Å². The second-order valence-corrected chi connectivity index (χ2v) is 16.1. The first-order valence-corrected chi connectivity index (χ1v) is 22.1. The molecule has 0 nitrogen and oxygen atoms in total. The van der Waals surface area contributed by atoms with Gasteiger partial charge in [0.1, 0.15) is 0 Å². The van der Waals surface area contributed by atoms with Crippen LogP contribution in [0, 0.1) is 33.6 Å². The van der Waals surface area contributed by atoms with Gasteiger partial charge in [0.15, 0.2) is 0 Å². The maximum absolute atomic E-state index is 4.17. The molecule has 61 heavy (non-hydrogen) atoms. The summed E-state index contributed by atoms with van der Waals surface area (Å²) in [5, 5.41) is 0. The van der Waals surface area contributed by atoms with E-state index in [0.717, 1.165) is 18.4 Å². The van der Waals surface area contributed by atoms with Gasteiger partial charge in [-0.25, -0.2) is 0 Å². The molecule has 320 valence electrons. The molecule has 0 fully saturated rings. The molecule has 0 aromatic heterocycles. The van der Waals surface area contributed by atoms with Gasteiger partial charge in [0.25, 0.3) is 0 Å². The molecular weight excluding hydrogens is 733 g/mol. The molecule has 0 saturated carbocycles. The van der Waals surface area contributed by atoms with E-state index in [1.807, 2.05) is 57.2 Å². The van der Waals surface area contributed by atoms with E-state index >= 15 is 0 Å². The highest BCUT2D eigenvalue weighted by atomic mass is 14.4. The fraction of sp³-hybridized carbons (Fsp3) is 0.279. The minimum Gasteiger partial charge on any atom is -0.0991 e. The van der Waals surface area contributed by atoms with Crippen LogP contribution in [0.5, 0.6) is 0 Å². The predicted molar refractivity (Wildman–Crippen MR) is 277 cm³/mol. The quantitative estimate of drug-likeness (QED) is 0.140. The van der Waals surface area contributed by atoms with Gasteiger partial charge in [0, 0.05) is 11.3 Å². The fourth-order valence-electron chi connectivity index (χ4n) is 8.20. The lowest BCUT2D eigenvalue weighted by atomic mass is 9.79. The van der Waals surface area contributed by atoms with E-state index in [0.29, 0.717) is 5.92 Å². The summed E-state index contributed by atoms with van der Waals surface area (Å²) in [5.74, 6) is 0.403. The Labute approximate surface area is 373 Å². The molecule has 0 aliphatic heterocycles. The Bertz CT molecular complexity index is 2260. The van der Waals surface area contributed by atoms with Crippen molar-refractivity contribution in [3.8, 4) is 11.1 Å². The van der Waals surface area contributed by atoms with Crippen LogP contribution >= 0.6 is 0 Å².